The molecule has 0 fully saturated rings. The van der Waals surface area contributed by atoms with Crippen LogP contribution < -0.4 is 24.3 Å². The number of nitrogens with one attached hydrogen (secondary N) is 1. The van der Waals surface area contributed by atoms with E-state index in [1.807, 2.05) is 36.4 Å². The Bertz CT molecular complexity index is 767. The van der Waals surface area contributed by atoms with Crippen LogP contribution in [0.5, 0.6) is 23.0 Å². The third-order valence-corrected chi connectivity index (χ3v) is 4.43. The van der Waals surface area contributed by atoms with Gasteiger partial charge in [0.15, 0.2) is 23.0 Å². The summed E-state index contributed by atoms with van der Waals surface area (Å²) in [5.41, 5.74) is 2.12. The molecular formula is C21H27NO6. The largest absolute Gasteiger partial charge is 0.493 e. The summed E-state index contributed by atoms with van der Waals surface area (Å²) >= 11 is 0. The lowest BCUT2D eigenvalue weighted by Gasteiger charge is -2.13. The summed E-state index contributed by atoms with van der Waals surface area (Å²) in [5.74, 6) is 2.92. The van der Waals surface area contributed by atoms with Crippen LogP contribution in [-0.4, -0.2) is 51.9 Å². The van der Waals surface area contributed by atoms with Crippen molar-refractivity contribution in [3.63, 3.8) is 0 Å². The summed E-state index contributed by atoms with van der Waals surface area (Å²) in [5, 5.41) is 13.3. The number of benzene rings is 2. The van der Waals surface area contributed by atoms with E-state index in [4.69, 9.17) is 23.7 Å². The van der Waals surface area contributed by atoms with Gasteiger partial charge in [-0.15, -0.1) is 0 Å². The van der Waals surface area contributed by atoms with E-state index in [1.165, 1.54) is 0 Å². The molecule has 1 heterocycles. The Kier molecular flexibility index (Phi) is 7.36. The van der Waals surface area contributed by atoms with Gasteiger partial charge in [0.1, 0.15) is 0 Å². The molecule has 0 amide bonds. The smallest absolute Gasteiger partial charge is 0.231 e. The first-order valence-electron chi connectivity index (χ1n) is 9.25. The molecule has 7 nitrogen and oxygen atoms in total. The fourth-order valence-electron chi connectivity index (χ4n) is 2.94. The van der Waals surface area contributed by atoms with Gasteiger partial charge in [-0.3, -0.25) is 0 Å². The highest BCUT2D eigenvalue weighted by Crippen LogP contribution is 2.32. The topological polar surface area (TPSA) is 78.4 Å². The van der Waals surface area contributed by atoms with Gasteiger partial charge in [0.05, 0.1) is 33.5 Å². The molecule has 0 aliphatic carbocycles. The average Bonchev–Trinajstić information content (AvgIpc) is 3.19. The number of aliphatic hydroxyl groups is 1. The normalized spacial score (nSPS) is 13.4. The molecule has 152 valence electrons. The second kappa shape index (κ2) is 10.2. The van der Waals surface area contributed by atoms with Crippen molar-refractivity contribution in [1.82, 2.24) is 5.32 Å². The van der Waals surface area contributed by atoms with Gasteiger partial charge < -0.3 is 34.1 Å². The van der Waals surface area contributed by atoms with Crippen molar-refractivity contribution in [3.05, 3.63) is 47.5 Å². The molecule has 0 saturated carbocycles. The van der Waals surface area contributed by atoms with Crippen LogP contribution in [0.15, 0.2) is 36.4 Å². The summed E-state index contributed by atoms with van der Waals surface area (Å²) < 4.78 is 26.8. The zero-order valence-corrected chi connectivity index (χ0v) is 16.3. The van der Waals surface area contributed by atoms with Gasteiger partial charge in [-0.25, -0.2) is 0 Å². The maximum Gasteiger partial charge on any atom is 0.231 e. The van der Waals surface area contributed by atoms with E-state index in [9.17, 15) is 5.11 Å². The van der Waals surface area contributed by atoms with Gasteiger partial charge in [-0.05, 0) is 48.4 Å². The highest BCUT2D eigenvalue weighted by atomic mass is 16.7. The molecule has 1 aliphatic heterocycles. The standard InChI is InChI=1S/C21H27NO6/c1-24-18-5-3-15(9-20(18)25-2)7-8-22-11-17(23)13-26-12-16-4-6-19-21(10-16)28-14-27-19/h3-6,9-10,17,22-23H,7-8,11-14H2,1-2H3/t17-/m0/s1. The second-order valence-corrected chi connectivity index (χ2v) is 6.50. The van der Waals surface area contributed by atoms with Crippen molar-refractivity contribution in [2.45, 2.75) is 19.1 Å². The van der Waals surface area contributed by atoms with E-state index < -0.39 is 6.10 Å². The maximum atomic E-state index is 10.1. The summed E-state index contributed by atoms with van der Waals surface area (Å²) in [6.07, 6.45) is 0.255. The van der Waals surface area contributed by atoms with Crippen molar-refractivity contribution in [2.24, 2.45) is 0 Å². The molecule has 0 saturated heterocycles. The first-order chi connectivity index (χ1) is 13.7. The van der Waals surface area contributed by atoms with Crippen LogP contribution in [0, 0.1) is 0 Å². The van der Waals surface area contributed by atoms with Gasteiger partial charge in [-0.1, -0.05) is 12.1 Å². The fourth-order valence-corrected chi connectivity index (χ4v) is 2.94. The lowest BCUT2D eigenvalue weighted by Crippen LogP contribution is -2.31. The monoisotopic (exact) mass is 389 g/mol. The van der Waals surface area contributed by atoms with Gasteiger partial charge in [-0.2, -0.15) is 0 Å². The predicted octanol–water partition coefficient (Wildman–Crippen LogP) is 2.14. The van der Waals surface area contributed by atoms with Crippen molar-refractivity contribution in [1.29, 1.82) is 0 Å². The summed E-state index contributed by atoms with van der Waals surface area (Å²) in [6, 6.07) is 11.6. The Balaban J connectivity index is 1.32. The van der Waals surface area contributed by atoms with Crippen molar-refractivity contribution in [2.75, 3.05) is 40.7 Å². The number of hydrogen-bond donors (Lipinski definition) is 2. The molecule has 2 N–H and O–H groups in total. The predicted molar refractivity (Wildman–Crippen MR) is 104 cm³/mol. The highest BCUT2D eigenvalue weighted by Gasteiger charge is 2.13. The van der Waals surface area contributed by atoms with Crippen LogP contribution in [0.2, 0.25) is 0 Å². The molecule has 2 aromatic rings. The summed E-state index contributed by atoms with van der Waals surface area (Å²) in [4.78, 5) is 0. The van der Waals surface area contributed by atoms with Crippen molar-refractivity contribution in [3.8, 4) is 23.0 Å². The fraction of sp³-hybridized carbons (Fsp3) is 0.429. The first-order valence-corrected chi connectivity index (χ1v) is 9.25. The molecule has 1 atom stereocenters. The van der Waals surface area contributed by atoms with Gasteiger partial charge in [0.25, 0.3) is 0 Å². The van der Waals surface area contributed by atoms with Crippen LogP contribution in [0.3, 0.4) is 0 Å². The SMILES string of the molecule is COc1ccc(CCNC[C@H](O)COCc2ccc3c(c2)OCO3)cc1OC. The molecule has 28 heavy (non-hydrogen) atoms. The first kappa shape index (κ1) is 20.3. The van der Waals surface area contributed by atoms with E-state index in [0.717, 1.165) is 41.3 Å². The quantitative estimate of drug-likeness (QED) is 0.570. The van der Waals surface area contributed by atoms with E-state index in [1.54, 1.807) is 14.2 Å². The van der Waals surface area contributed by atoms with Gasteiger partial charge in [0.2, 0.25) is 6.79 Å². The van der Waals surface area contributed by atoms with Crippen LogP contribution >= 0.6 is 0 Å². The Morgan fingerprint density at radius 3 is 2.61 bits per heavy atom. The molecule has 3 rings (SSSR count). The van der Waals surface area contributed by atoms with Crippen LogP contribution in [-0.2, 0) is 17.8 Å². The van der Waals surface area contributed by atoms with E-state index >= 15 is 0 Å². The number of fused-ring (bicyclic) bond motifs is 1. The van der Waals surface area contributed by atoms with E-state index in [-0.39, 0.29) is 13.4 Å². The maximum absolute atomic E-state index is 10.1. The zero-order valence-electron chi connectivity index (χ0n) is 16.3. The third kappa shape index (κ3) is 5.51. The lowest BCUT2D eigenvalue weighted by molar-refractivity contribution is 0.0289. The molecule has 0 bridgehead atoms. The Morgan fingerprint density at radius 1 is 1.00 bits per heavy atom. The summed E-state index contributed by atoms with van der Waals surface area (Å²) in [7, 11) is 3.24. The molecule has 7 heteroatoms. The Hall–Kier alpha value is -2.48. The molecule has 0 aromatic heterocycles. The highest BCUT2D eigenvalue weighted by molar-refractivity contribution is 5.44. The Morgan fingerprint density at radius 2 is 1.79 bits per heavy atom. The van der Waals surface area contributed by atoms with Crippen LogP contribution in [0.1, 0.15) is 11.1 Å². The molecule has 1 aliphatic rings. The van der Waals surface area contributed by atoms with Crippen LogP contribution in [0.4, 0.5) is 0 Å². The number of aliphatic hydroxyl groups excluding tert-OH is 1. The lowest BCUT2D eigenvalue weighted by atomic mass is 10.1. The number of hydrogen-bond acceptors (Lipinski definition) is 7. The molecule has 2 aromatic carbocycles. The van der Waals surface area contributed by atoms with Crippen molar-refractivity contribution >= 4 is 0 Å². The second-order valence-electron chi connectivity index (χ2n) is 6.50. The van der Waals surface area contributed by atoms with E-state index in [0.29, 0.717) is 18.9 Å². The number of rotatable bonds is 11. The number of methoxy groups -OCH3 is 2. The average molecular weight is 389 g/mol. The van der Waals surface area contributed by atoms with E-state index in [2.05, 4.69) is 5.32 Å². The van der Waals surface area contributed by atoms with Gasteiger partial charge >= 0.3 is 0 Å². The van der Waals surface area contributed by atoms with Crippen molar-refractivity contribution < 1.29 is 28.8 Å². The minimum absolute atomic E-state index is 0.257. The Labute approximate surface area is 165 Å². The molecule has 0 radical (unpaired) electrons. The minimum atomic E-state index is -0.570. The summed E-state index contributed by atoms with van der Waals surface area (Å²) in [6.45, 7) is 2.15. The zero-order chi connectivity index (χ0) is 19.8. The third-order valence-electron chi connectivity index (χ3n) is 4.43. The minimum Gasteiger partial charge on any atom is -0.493 e. The molecule has 0 spiro atoms. The molecular weight excluding hydrogens is 362 g/mol. The van der Waals surface area contributed by atoms with Crippen LogP contribution in [0.25, 0.3) is 0 Å². The molecule has 0 unspecified atom stereocenters. The number of ether oxygens (including phenoxy) is 5. The van der Waals surface area contributed by atoms with Gasteiger partial charge in [0, 0.05) is 6.54 Å².